The van der Waals surface area contributed by atoms with E-state index < -0.39 is 0 Å². The highest BCUT2D eigenvalue weighted by Crippen LogP contribution is 2.28. The van der Waals surface area contributed by atoms with Gasteiger partial charge in [0.1, 0.15) is 0 Å². The van der Waals surface area contributed by atoms with E-state index in [9.17, 15) is 0 Å². The summed E-state index contributed by atoms with van der Waals surface area (Å²) in [5.74, 6) is 1.65. The van der Waals surface area contributed by atoms with Gasteiger partial charge in [-0.3, -0.25) is 0 Å². The number of nitrogens with two attached hydrogens (primary N) is 2. The molecule has 0 aliphatic heterocycles. The predicted octanol–water partition coefficient (Wildman–Crippen LogP) is 1.49. The maximum absolute atomic E-state index is 5.70. The summed E-state index contributed by atoms with van der Waals surface area (Å²) < 4.78 is 0. The maximum Gasteiger partial charge on any atom is -0.00488 e. The van der Waals surface area contributed by atoms with Crippen molar-refractivity contribution in [2.75, 3.05) is 13.1 Å². The summed E-state index contributed by atoms with van der Waals surface area (Å²) in [6.45, 7) is 1.73. The highest BCUT2D eigenvalue weighted by molar-refractivity contribution is 4.72. The molecule has 2 nitrogen and oxygen atoms in total. The SMILES string of the molecule is NCCC1CCCCC(CN)C1. The summed E-state index contributed by atoms with van der Waals surface area (Å²) in [7, 11) is 0. The third-order valence-corrected chi connectivity index (χ3v) is 3.05. The molecule has 0 amide bonds. The van der Waals surface area contributed by atoms with Crippen molar-refractivity contribution < 1.29 is 0 Å². The molecule has 0 spiro atoms. The van der Waals surface area contributed by atoms with E-state index in [0.29, 0.717) is 0 Å². The van der Waals surface area contributed by atoms with Crippen molar-refractivity contribution in [3.63, 3.8) is 0 Å². The molecule has 0 heterocycles. The van der Waals surface area contributed by atoms with Gasteiger partial charge in [-0.25, -0.2) is 0 Å². The van der Waals surface area contributed by atoms with Crippen LogP contribution >= 0.6 is 0 Å². The Balaban J connectivity index is 2.31. The average molecular weight is 170 g/mol. The zero-order valence-electron chi connectivity index (χ0n) is 7.97. The maximum atomic E-state index is 5.70. The van der Waals surface area contributed by atoms with Gasteiger partial charge in [0.05, 0.1) is 0 Å². The Morgan fingerprint density at radius 2 is 1.67 bits per heavy atom. The molecule has 0 saturated heterocycles. The topological polar surface area (TPSA) is 52.0 Å². The van der Waals surface area contributed by atoms with E-state index >= 15 is 0 Å². The molecule has 1 aliphatic carbocycles. The zero-order valence-corrected chi connectivity index (χ0v) is 7.97. The summed E-state index contributed by atoms with van der Waals surface area (Å²) in [5, 5.41) is 0. The molecular formula is C10H22N2. The zero-order chi connectivity index (χ0) is 8.81. The number of rotatable bonds is 3. The Hall–Kier alpha value is -0.0800. The van der Waals surface area contributed by atoms with Gasteiger partial charge in [-0.15, -0.1) is 0 Å². The summed E-state index contributed by atoms with van der Waals surface area (Å²) >= 11 is 0. The highest BCUT2D eigenvalue weighted by atomic mass is 14.6. The van der Waals surface area contributed by atoms with Crippen molar-refractivity contribution in [2.45, 2.75) is 38.5 Å². The summed E-state index contributed by atoms with van der Waals surface area (Å²) in [6, 6.07) is 0. The minimum absolute atomic E-state index is 0.782. The van der Waals surface area contributed by atoms with E-state index in [1.807, 2.05) is 0 Å². The van der Waals surface area contributed by atoms with E-state index in [4.69, 9.17) is 11.5 Å². The van der Waals surface area contributed by atoms with Gasteiger partial charge in [-0.1, -0.05) is 19.3 Å². The van der Waals surface area contributed by atoms with Crippen LogP contribution in [0.25, 0.3) is 0 Å². The second kappa shape index (κ2) is 5.55. The van der Waals surface area contributed by atoms with Crippen molar-refractivity contribution in [3.8, 4) is 0 Å². The third-order valence-electron chi connectivity index (χ3n) is 3.05. The van der Waals surface area contributed by atoms with Crippen molar-refractivity contribution in [1.29, 1.82) is 0 Å². The summed E-state index contributed by atoms with van der Waals surface area (Å²) in [5.41, 5.74) is 11.3. The van der Waals surface area contributed by atoms with Crippen LogP contribution in [0.5, 0.6) is 0 Å². The standard InChI is InChI=1S/C10H22N2/c11-6-5-9-3-1-2-4-10(7-9)8-12/h9-10H,1-8,11-12H2. The van der Waals surface area contributed by atoms with Crippen LogP contribution in [0.3, 0.4) is 0 Å². The normalized spacial score (nSPS) is 31.5. The second-order valence-electron chi connectivity index (χ2n) is 4.07. The first-order valence-corrected chi connectivity index (χ1v) is 5.27. The fourth-order valence-electron chi connectivity index (χ4n) is 2.29. The van der Waals surface area contributed by atoms with Gasteiger partial charge in [0, 0.05) is 0 Å². The van der Waals surface area contributed by atoms with Gasteiger partial charge in [0.15, 0.2) is 0 Å². The van der Waals surface area contributed by atoms with E-state index in [2.05, 4.69) is 0 Å². The van der Waals surface area contributed by atoms with Gasteiger partial charge in [0.2, 0.25) is 0 Å². The fourth-order valence-corrected chi connectivity index (χ4v) is 2.29. The molecule has 1 fully saturated rings. The smallest absolute Gasteiger partial charge is 0.00488 e. The van der Waals surface area contributed by atoms with Crippen molar-refractivity contribution >= 4 is 0 Å². The van der Waals surface area contributed by atoms with Crippen LogP contribution in [0.15, 0.2) is 0 Å². The molecule has 0 aromatic rings. The van der Waals surface area contributed by atoms with Crippen molar-refractivity contribution in [3.05, 3.63) is 0 Å². The lowest BCUT2D eigenvalue weighted by Crippen LogP contribution is -2.17. The quantitative estimate of drug-likeness (QED) is 0.630. The first-order chi connectivity index (χ1) is 5.86. The average Bonchev–Trinajstić information content (AvgIpc) is 2.30. The number of hydrogen-bond donors (Lipinski definition) is 2. The van der Waals surface area contributed by atoms with Crippen molar-refractivity contribution in [2.24, 2.45) is 23.3 Å². The molecular weight excluding hydrogens is 148 g/mol. The molecule has 2 heteroatoms. The Morgan fingerprint density at radius 1 is 1.00 bits per heavy atom. The summed E-state index contributed by atoms with van der Waals surface area (Å²) in [6.07, 6.45) is 8.03. The molecule has 72 valence electrons. The Bertz CT molecular complexity index is 114. The molecule has 2 atom stereocenters. The lowest BCUT2D eigenvalue weighted by Gasteiger charge is -2.17. The molecule has 0 aromatic carbocycles. The van der Waals surface area contributed by atoms with Crippen molar-refractivity contribution in [1.82, 2.24) is 0 Å². The molecule has 0 radical (unpaired) electrons. The third kappa shape index (κ3) is 3.11. The number of hydrogen-bond acceptors (Lipinski definition) is 2. The largest absolute Gasteiger partial charge is 0.330 e. The fraction of sp³-hybridized carbons (Fsp3) is 1.00. The lowest BCUT2D eigenvalue weighted by atomic mass is 9.91. The molecule has 4 N–H and O–H groups in total. The molecule has 0 aromatic heterocycles. The first kappa shape index (κ1) is 10.0. The van der Waals surface area contributed by atoms with E-state index in [0.717, 1.165) is 24.9 Å². The van der Waals surface area contributed by atoms with Crippen LogP contribution in [0.2, 0.25) is 0 Å². The predicted molar refractivity (Wildman–Crippen MR) is 52.8 cm³/mol. The molecule has 1 saturated carbocycles. The van der Waals surface area contributed by atoms with Crippen LogP contribution in [0.4, 0.5) is 0 Å². The van der Waals surface area contributed by atoms with Crippen LogP contribution < -0.4 is 11.5 Å². The second-order valence-corrected chi connectivity index (χ2v) is 4.07. The minimum atomic E-state index is 0.782. The molecule has 0 bridgehead atoms. The molecule has 1 aliphatic rings. The van der Waals surface area contributed by atoms with Gasteiger partial charge in [0.25, 0.3) is 0 Å². The monoisotopic (exact) mass is 170 g/mol. The van der Waals surface area contributed by atoms with E-state index in [1.165, 1.54) is 38.5 Å². The van der Waals surface area contributed by atoms with Crippen LogP contribution in [-0.2, 0) is 0 Å². The molecule has 2 unspecified atom stereocenters. The first-order valence-electron chi connectivity index (χ1n) is 5.27. The van der Waals surface area contributed by atoms with Gasteiger partial charge >= 0.3 is 0 Å². The highest BCUT2D eigenvalue weighted by Gasteiger charge is 2.18. The Labute approximate surface area is 75.7 Å². The lowest BCUT2D eigenvalue weighted by molar-refractivity contribution is 0.366. The van der Waals surface area contributed by atoms with Gasteiger partial charge in [-0.05, 0) is 44.2 Å². The van der Waals surface area contributed by atoms with Crippen LogP contribution in [-0.4, -0.2) is 13.1 Å². The molecule has 12 heavy (non-hydrogen) atoms. The summed E-state index contributed by atoms with van der Waals surface area (Å²) in [4.78, 5) is 0. The van der Waals surface area contributed by atoms with Crippen LogP contribution in [0, 0.1) is 11.8 Å². The van der Waals surface area contributed by atoms with Gasteiger partial charge < -0.3 is 11.5 Å². The van der Waals surface area contributed by atoms with E-state index in [-0.39, 0.29) is 0 Å². The van der Waals surface area contributed by atoms with Gasteiger partial charge in [-0.2, -0.15) is 0 Å². The van der Waals surface area contributed by atoms with E-state index in [1.54, 1.807) is 0 Å². The minimum Gasteiger partial charge on any atom is -0.330 e. The Kier molecular flexibility index (Phi) is 4.62. The molecule has 1 rings (SSSR count). The van der Waals surface area contributed by atoms with Crippen LogP contribution in [0.1, 0.15) is 38.5 Å². The Morgan fingerprint density at radius 3 is 2.25 bits per heavy atom.